The number of nitriles is 2. The van der Waals surface area contributed by atoms with Crippen molar-refractivity contribution in [3.05, 3.63) is 81.1 Å². The summed E-state index contributed by atoms with van der Waals surface area (Å²) in [5, 5.41) is 18.7. The minimum atomic E-state index is -0.105. The molecule has 5 heteroatoms. The lowest BCUT2D eigenvalue weighted by Crippen LogP contribution is -2.12. The first-order valence-electron chi connectivity index (χ1n) is 13.1. The Labute approximate surface area is 233 Å². The molecule has 0 radical (unpaired) electrons. The first-order chi connectivity index (χ1) is 17.6. The van der Waals surface area contributed by atoms with E-state index in [-0.39, 0.29) is 6.10 Å². The lowest BCUT2D eigenvalue weighted by atomic mass is 9.85. The van der Waals surface area contributed by atoms with Crippen LogP contribution in [0.2, 0.25) is 0 Å². The Morgan fingerprint density at radius 1 is 1.22 bits per heavy atom. The molecule has 0 aromatic heterocycles. The number of rotatable bonds is 12. The molecule has 0 aromatic carbocycles. The number of Topliss-reactive ketones (excluding diaryl/α,β-unsaturated/α-hetero) is 1. The van der Waals surface area contributed by atoms with E-state index in [4.69, 9.17) is 10.00 Å². The van der Waals surface area contributed by atoms with Gasteiger partial charge in [0.05, 0.1) is 12.1 Å². The first kappa shape index (κ1) is 34.1. The molecule has 0 aliphatic heterocycles. The van der Waals surface area contributed by atoms with Crippen LogP contribution in [0.15, 0.2) is 81.1 Å². The summed E-state index contributed by atoms with van der Waals surface area (Å²) in [6.45, 7) is 13.9. The van der Waals surface area contributed by atoms with Crippen molar-refractivity contribution in [3.8, 4) is 12.1 Å². The van der Waals surface area contributed by atoms with Crippen molar-refractivity contribution >= 4 is 21.7 Å². The number of allylic oxidation sites excluding steroid dienone is 13. The molecule has 1 atom stereocenters. The highest BCUT2D eigenvalue weighted by atomic mass is 79.9. The number of ketones is 1. The van der Waals surface area contributed by atoms with E-state index in [2.05, 4.69) is 61.0 Å². The summed E-state index contributed by atoms with van der Waals surface area (Å²) >= 11 is 3.58. The highest BCUT2D eigenvalue weighted by Crippen LogP contribution is 2.37. The highest BCUT2D eigenvalue weighted by molar-refractivity contribution is 9.11. The van der Waals surface area contributed by atoms with E-state index >= 15 is 0 Å². The van der Waals surface area contributed by atoms with Crippen LogP contribution in [0.5, 0.6) is 0 Å². The van der Waals surface area contributed by atoms with Crippen LogP contribution in [-0.4, -0.2) is 11.9 Å². The van der Waals surface area contributed by atoms with Crippen LogP contribution in [-0.2, 0) is 9.53 Å². The SMILES string of the molecule is C/C=C\C(C)O/C(CC(C)C)=C(C(=C\C)/C=C/C#N)\C(=C\C#N)C1=CC(Br)=CCC1.CCCCC(C)=O. The maximum atomic E-state index is 10.2. The number of hydrogen-bond acceptors (Lipinski definition) is 4. The Morgan fingerprint density at radius 3 is 2.38 bits per heavy atom. The lowest BCUT2D eigenvalue weighted by molar-refractivity contribution is -0.117. The van der Waals surface area contributed by atoms with E-state index < -0.39 is 0 Å². The third kappa shape index (κ3) is 14.4. The molecule has 0 saturated heterocycles. The van der Waals surface area contributed by atoms with Gasteiger partial charge in [0.15, 0.2) is 0 Å². The number of hydrogen-bond donors (Lipinski definition) is 0. The summed E-state index contributed by atoms with van der Waals surface area (Å²) in [7, 11) is 0. The molecule has 0 bridgehead atoms. The molecule has 37 heavy (non-hydrogen) atoms. The quantitative estimate of drug-likeness (QED) is 0.102. The van der Waals surface area contributed by atoms with E-state index in [0.29, 0.717) is 11.7 Å². The average molecular weight is 568 g/mol. The summed E-state index contributed by atoms with van der Waals surface area (Å²) in [5.41, 5.74) is 3.67. The molecule has 200 valence electrons. The van der Waals surface area contributed by atoms with Crippen molar-refractivity contribution in [2.24, 2.45) is 5.92 Å². The van der Waals surface area contributed by atoms with Gasteiger partial charge in [0.2, 0.25) is 0 Å². The summed E-state index contributed by atoms with van der Waals surface area (Å²) < 4.78 is 7.41. The average Bonchev–Trinajstić information content (AvgIpc) is 2.84. The molecule has 0 aromatic rings. The highest BCUT2D eigenvalue weighted by Gasteiger charge is 2.22. The molecular weight excluding hydrogens is 524 g/mol. The largest absolute Gasteiger partial charge is 0.490 e. The Hall–Kier alpha value is -2.89. The van der Waals surface area contributed by atoms with Crippen LogP contribution in [0.1, 0.15) is 87.0 Å². The minimum Gasteiger partial charge on any atom is -0.490 e. The Bertz CT molecular complexity index is 1040. The summed E-state index contributed by atoms with van der Waals surface area (Å²) in [6.07, 6.45) is 20.3. The predicted molar refractivity (Wildman–Crippen MR) is 159 cm³/mol. The van der Waals surface area contributed by atoms with Crippen LogP contribution in [0.3, 0.4) is 0 Å². The topological polar surface area (TPSA) is 73.9 Å². The van der Waals surface area contributed by atoms with Crippen LogP contribution < -0.4 is 0 Å². The molecule has 0 heterocycles. The van der Waals surface area contributed by atoms with E-state index in [0.717, 1.165) is 71.1 Å². The molecule has 1 rings (SSSR count). The van der Waals surface area contributed by atoms with E-state index in [9.17, 15) is 10.1 Å². The van der Waals surface area contributed by atoms with E-state index in [1.165, 1.54) is 6.08 Å². The van der Waals surface area contributed by atoms with Gasteiger partial charge in [0.25, 0.3) is 0 Å². The fourth-order valence-electron chi connectivity index (χ4n) is 3.72. The standard InChI is InChI=1S/C26H31BrN2O.C6H12O/c1-6-10-20(5)30-25(17-19(3)4)26(21(7-2)12-9-15-28)24(14-16-29)22-11-8-13-23(27)18-22;1-3-4-5-6(2)7/h6-7,9-10,12-14,18-20H,8,11,17H2,1-5H3;3-5H2,1-2H3/b10-6-,12-9+,21-7-,24-14+,26-25-;. The Balaban J connectivity index is 0.00000161. The van der Waals surface area contributed by atoms with E-state index in [1.54, 1.807) is 19.1 Å². The summed E-state index contributed by atoms with van der Waals surface area (Å²) in [5.74, 6) is 1.50. The van der Waals surface area contributed by atoms with Crippen LogP contribution in [0.25, 0.3) is 0 Å². The van der Waals surface area contributed by atoms with Crippen LogP contribution in [0.4, 0.5) is 0 Å². The van der Waals surface area contributed by atoms with Gasteiger partial charge in [-0.3, -0.25) is 0 Å². The third-order valence-electron chi connectivity index (χ3n) is 5.37. The van der Waals surface area contributed by atoms with Gasteiger partial charge in [0, 0.05) is 35.0 Å². The van der Waals surface area contributed by atoms with Gasteiger partial charge in [-0.15, -0.1) is 0 Å². The van der Waals surface area contributed by atoms with Gasteiger partial charge >= 0.3 is 0 Å². The number of nitrogens with zero attached hydrogens (tertiary/aromatic N) is 2. The molecule has 0 amide bonds. The van der Waals surface area contributed by atoms with Gasteiger partial charge in [-0.25, -0.2) is 0 Å². The molecule has 1 unspecified atom stereocenters. The molecular formula is C32H43BrN2O2. The molecule has 4 nitrogen and oxygen atoms in total. The zero-order chi connectivity index (χ0) is 28.2. The van der Waals surface area contributed by atoms with Crippen molar-refractivity contribution < 1.29 is 9.53 Å². The molecule has 1 aliphatic rings. The molecule has 0 spiro atoms. The Morgan fingerprint density at radius 2 is 1.92 bits per heavy atom. The number of carbonyl (C=O) groups excluding carboxylic acids is 1. The third-order valence-corrected chi connectivity index (χ3v) is 5.93. The normalized spacial score (nSPS) is 15.8. The predicted octanol–water partition coefficient (Wildman–Crippen LogP) is 9.51. The van der Waals surface area contributed by atoms with Crippen molar-refractivity contribution in [2.45, 2.75) is 93.1 Å². The molecule has 0 saturated carbocycles. The lowest BCUT2D eigenvalue weighted by Gasteiger charge is -2.25. The molecule has 0 fully saturated rings. The second-order valence-corrected chi connectivity index (χ2v) is 10.2. The fourth-order valence-corrected chi connectivity index (χ4v) is 4.23. The van der Waals surface area contributed by atoms with Gasteiger partial charge in [-0.1, -0.05) is 61.4 Å². The van der Waals surface area contributed by atoms with Gasteiger partial charge in [0.1, 0.15) is 17.6 Å². The zero-order valence-electron chi connectivity index (χ0n) is 23.6. The number of unbranched alkanes of at least 4 members (excludes halogenated alkanes) is 1. The van der Waals surface area contributed by atoms with Crippen molar-refractivity contribution in [1.82, 2.24) is 0 Å². The number of carbonyl (C=O) groups is 1. The molecule has 0 N–H and O–H groups in total. The van der Waals surface area contributed by atoms with Crippen LogP contribution in [0, 0.1) is 28.6 Å². The number of halogens is 1. The van der Waals surface area contributed by atoms with Gasteiger partial charge < -0.3 is 9.53 Å². The first-order valence-corrected chi connectivity index (χ1v) is 13.9. The Kier molecular flexibility index (Phi) is 18.6. The summed E-state index contributed by atoms with van der Waals surface area (Å²) in [6, 6.07) is 4.30. The maximum Gasteiger partial charge on any atom is 0.129 e. The maximum absolute atomic E-state index is 10.2. The van der Waals surface area contributed by atoms with Crippen molar-refractivity contribution in [1.29, 1.82) is 10.5 Å². The molecule has 1 aliphatic carbocycles. The van der Waals surface area contributed by atoms with E-state index in [1.807, 2.05) is 39.0 Å². The fraction of sp³-hybridized carbons (Fsp3) is 0.469. The van der Waals surface area contributed by atoms with Gasteiger partial charge in [-0.05, 0) is 87.8 Å². The zero-order valence-corrected chi connectivity index (χ0v) is 25.2. The second-order valence-electron chi connectivity index (χ2n) is 9.24. The van der Waals surface area contributed by atoms with Crippen molar-refractivity contribution in [3.63, 3.8) is 0 Å². The van der Waals surface area contributed by atoms with Crippen LogP contribution >= 0.6 is 15.9 Å². The van der Waals surface area contributed by atoms with Crippen molar-refractivity contribution in [2.75, 3.05) is 0 Å². The number of ether oxygens (including phenoxy) is 1. The summed E-state index contributed by atoms with van der Waals surface area (Å²) in [4.78, 5) is 10.2. The minimum absolute atomic E-state index is 0.105. The smallest absolute Gasteiger partial charge is 0.129 e. The second kappa shape index (κ2) is 20.2. The van der Waals surface area contributed by atoms with Gasteiger partial charge in [-0.2, -0.15) is 10.5 Å². The monoisotopic (exact) mass is 566 g/mol.